The number of Topliss-reactive ketones (excluding diaryl/α,β-unsaturated/α-hetero) is 1. The minimum absolute atomic E-state index is 0.0845. The Kier molecular flexibility index (Phi) is 4.51. The minimum atomic E-state index is -1.41. The van der Waals surface area contributed by atoms with E-state index in [2.05, 4.69) is 4.74 Å². The lowest BCUT2D eigenvalue weighted by molar-refractivity contribution is 0.0975. The van der Waals surface area contributed by atoms with Crippen LogP contribution in [-0.2, 0) is 0 Å². The molecule has 0 aliphatic carbocycles. The lowest BCUT2D eigenvalue weighted by atomic mass is 10.0. The third-order valence-corrected chi connectivity index (χ3v) is 2.14. The monoisotopic (exact) mass is 222 g/mol. The van der Waals surface area contributed by atoms with Crippen molar-refractivity contribution in [3.8, 4) is 5.75 Å². The van der Waals surface area contributed by atoms with E-state index in [1.54, 1.807) is 18.2 Å². The molecule has 1 N–H and O–H groups in total. The first kappa shape index (κ1) is 12.2. The first-order chi connectivity index (χ1) is 7.65. The van der Waals surface area contributed by atoms with Gasteiger partial charge in [0.15, 0.2) is 5.78 Å². The summed E-state index contributed by atoms with van der Waals surface area (Å²) in [6.07, 6.45) is 0.723. The summed E-state index contributed by atoms with van der Waals surface area (Å²) >= 11 is 0. The van der Waals surface area contributed by atoms with E-state index >= 15 is 0 Å². The minimum Gasteiger partial charge on any atom is -0.449 e. The molecule has 0 fully saturated rings. The van der Waals surface area contributed by atoms with Gasteiger partial charge in [-0.25, -0.2) is 4.79 Å². The second-order valence-electron chi connectivity index (χ2n) is 3.39. The first-order valence-corrected chi connectivity index (χ1v) is 5.18. The molecule has 0 saturated heterocycles. The number of carboxylic acid groups (broad SMARTS) is 1. The lowest BCUT2D eigenvalue weighted by Crippen LogP contribution is -2.08. The van der Waals surface area contributed by atoms with Crippen molar-refractivity contribution in [1.82, 2.24) is 0 Å². The Morgan fingerprint density at radius 1 is 1.31 bits per heavy atom. The average molecular weight is 222 g/mol. The van der Waals surface area contributed by atoms with E-state index < -0.39 is 6.16 Å². The highest BCUT2D eigenvalue weighted by atomic mass is 16.7. The molecular weight excluding hydrogens is 208 g/mol. The largest absolute Gasteiger partial charge is 0.511 e. The fourth-order valence-corrected chi connectivity index (χ4v) is 1.35. The van der Waals surface area contributed by atoms with Gasteiger partial charge in [0.25, 0.3) is 0 Å². The van der Waals surface area contributed by atoms with E-state index in [1.165, 1.54) is 6.07 Å². The van der Waals surface area contributed by atoms with Crippen molar-refractivity contribution in [2.45, 2.75) is 26.2 Å². The maximum absolute atomic E-state index is 11.7. The van der Waals surface area contributed by atoms with Gasteiger partial charge in [-0.3, -0.25) is 4.79 Å². The number of para-hydroxylation sites is 1. The number of ether oxygens (including phenoxy) is 1. The highest BCUT2D eigenvalue weighted by molar-refractivity contribution is 5.99. The van der Waals surface area contributed by atoms with E-state index in [1.807, 2.05) is 6.92 Å². The van der Waals surface area contributed by atoms with Crippen LogP contribution in [0.3, 0.4) is 0 Å². The highest BCUT2D eigenvalue weighted by Gasteiger charge is 2.13. The predicted octanol–water partition coefficient (Wildman–Crippen LogP) is 3.12. The van der Waals surface area contributed by atoms with Gasteiger partial charge >= 0.3 is 6.16 Å². The number of carbonyl (C=O) groups excluding carboxylic acids is 1. The molecule has 4 nitrogen and oxygen atoms in total. The normalized spacial score (nSPS) is 9.81. The van der Waals surface area contributed by atoms with E-state index in [-0.39, 0.29) is 11.5 Å². The number of hydrogen-bond donors (Lipinski definition) is 1. The number of unbranched alkanes of at least 4 members (excludes halogenated alkanes) is 1. The summed E-state index contributed by atoms with van der Waals surface area (Å²) in [6, 6.07) is 6.38. The summed E-state index contributed by atoms with van der Waals surface area (Å²) in [7, 11) is 0. The highest BCUT2D eigenvalue weighted by Crippen LogP contribution is 2.20. The van der Waals surface area contributed by atoms with Crippen LogP contribution >= 0.6 is 0 Å². The standard InChI is InChI=1S/C12H14O4/c1-2-3-7-10(13)9-6-4-5-8-11(9)16-12(14)15/h4-6,8H,2-3,7H2,1H3,(H,14,15). The van der Waals surface area contributed by atoms with Gasteiger partial charge in [-0.1, -0.05) is 25.5 Å². The van der Waals surface area contributed by atoms with Crippen LogP contribution in [0, 0.1) is 0 Å². The van der Waals surface area contributed by atoms with Crippen LogP contribution in [-0.4, -0.2) is 17.0 Å². The number of carbonyl (C=O) groups is 2. The third-order valence-electron chi connectivity index (χ3n) is 2.14. The fraction of sp³-hybridized carbons (Fsp3) is 0.333. The molecule has 4 heteroatoms. The van der Waals surface area contributed by atoms with Gasteiger partial charge in [-0.2, -0.15) is 0 Å². The van der Waals surface area contributed by atoms with Crippen LogP contribution in [0.25, 0.3) is 0 Å². The molecule has 86 valence electrons. The smallest absolute Gasteiger partial charge is 0.449 e. The first-order valence-electron chi connectivity index (χ1n) is 5.18. The zero-order valence-electron chi connectivity index (χ0n) is 9.10. The molecule has 0 aliphatic heterocycles. The van der Waals surface area contributed by atoms with Crippen molar-refractivity contribution in [3.05, 3.63) is 29.8 Å². The summed E-state index contributed by atoms with van der Waals surface area (Å²) in [5, 5.41) is 8.52. The van der Waals surface area contributed by atoms with Crippen LogP contribution in [0.1, 0.15) is 36.5 Å². The fourth-order valence-electron chi connectivity index (χ4n) is 1.35. The Morgan fingerprint density at radius 3 is 2.62 bits per heavy atom. The number of hydrogen-bond acceptors (Lipinski definition) is 3. The Hall–Kier alpha value is -1.84. The molecule has 0 aromatic heterocycles. The summed E-state index contributed by atoms with van der Waals surface area (Å²) in [5.74, 6) is 0.0230. The SMILES string of the molecule is CCCCC(=O)c1ccccc1OC(=O)O. The van der Waals surface area contributed by atoms with Gasteiger partial charge in [0, 0.05) is 6.42 Å². The molecule has 0 bridgehead atoms. The summed E-state index contributed by atoms with van der Waals surface area (Å²) in [5.41, 5.74) is 0.332. The second kappa shape index (κ2) is 5.90. The molecule has 0 heterocycles. The van der Waals surface area contributed by atoms with Crippen molar-refractivity contribution in [2.24, 2.45) is 0 Å². The molecule has 0 aliphatic rings. The second-order valence-corrected chi connectivity index (χ2v) is 3.39. The van der Waals surface area contributed by atoms with Crippen molar-refractivity contribution in [2.75, 3.05) is 0 Å². The van der Waals surface area contributed by atoms with Gasteiger partial charge in [-0.15, -0.1) is 0 Å². The van der Waals surface area contributed by atoms with Crippen molar-refractivity contribution in [3.63, 3.8) is 0 Å². The van der Waals surface area contributed by atoms with Gasteiger partial charge in [0.1, 0.15) is 5.75 Å². The maximum atomic E-state index is 11.7. The molecule has 0 amide bonds. The molecule has 1 rings (SSSR count). The summed E-state index contributed by atoms with van der Waals surface area (Å²) in [4.78, 5) is 22.2. The van der Waals surface area contributed by atoms with Crippen molar-refractivity contribution < 1.29 is 19.4 Å². The molecule has 1 aromatic carbocycles. The molecule has 0 unspecified atom stereocenters. The molecule has 1 aromatic rings. The number of rotatable bonds is 5. The summed E-state index contributed by atoms with van der Waals surface area (Å²) in [6.45, 7) is 1.99. The topological polar surface area (TPSA) is 63.6 Å². The van der Waals surface area contributed by atoms with E-state index in [4.69, 9.17) is 5.11 Å². The zero-order valence-corrected chi connectivity index (χ0v) is 9.10. The average Bonchev–Trinajstić information content (AvgIpc) is 2.26. The van der Waals surface area contributed by atoms with Gasteiger partial charge in [0.2, 0.25) is 0 Å². The van der Waals surface area contributed by atoms with E-state index in [0.717, 1.165) is 12.8 Å². The lowest BCUT2D eigenvalue weighted by Gasteiger charge is -2.06. The van der Waals surface area contributed by atoms with Crippen LogP contribution in [0.5, 0.6) is 5.75 Å². The van der Waals surface area contributed by atoms with E-state index in [9.17, 15) is 9.59 Å². The van der Waals surface area contributed by atoms with Gasteiger partial charge < -0.3 is 9.84 Å². The third kappa shape index (κ3) is 3.38. The Morgan fingerprint density at radius 2 is 2.00 bits per heavy atom. The predicted molar refractivity (Wildman–Crippen MR) is 59.0 cm³/mol. The van der Waals surface area contributed by atoms with Crippen LogP contribution < -0.4 is 4.74 Å². The van der Waals surface area contributed by atoms with Crippen LogP contribution in [0.15, 0.2) is 24.3 Å². The van der Waals surface area contributed by atoms with Crippen LogP contribution in [0.2, 0.25) is 0 Å². The Bertz CT molecular complexity index is 384. The quantitative estimate of drug-likeness (QED) is 0.472. The maximum Gasteiger partial charge on any atom is 0.511 e. The number of benzene rings is 1. The zero-order chi connectivity index (χ0) is 12.0. The molecule has 0 saturated carbocycles. The molecular formula is C12H14O4. The van der Waals surface area contributed by atoms with Crippen molar-refractivity contribution in [1.29, 1.82) is 0 Å². The Labute approximate surface area is 93.9 Å². The summed E-state index contributed by atoms with van der Waals surface area (Å²) < 4.78 is 4.54. The van der Waals surface area contributed by atoms with Crippen LogP contribution in [0.4, 0.5) is 4.79 Å². The molecule has 0 radical (unpaired) electrons. The molecule has 16 heavy (non-hydrogen) atoms. The van der Waals surface area contributed by atoms with Crippen molar-refractivity contribution >= 4 is 11.9 Å². The molecule has 0 atom stereocenters. The molecule has 0 spiro atoms. The Balaban J connectivity index is 2.85. The van der Waals surface area contributed by atoms with Gasteiger partial charge in [0.05, 0.1) is 5.56 Å². The van der Waals surface area contributed by atoms with Gasteiger partial charge in [-0.05, 0) is 18.6 Å². The van der Waals surface area contributed by atoms with E-state index in [0.29, 0.717) is 12.0 Å². The number of ketones is 1.